The van der Waals surface area contributed by atoms with Crippen LogP contribution in [0.15, 0.2) is 28.9 Å². The Morgan fingerprint density at radius 3 is 2.75 bits per heavy atom. The highest BCUT2D eigenvalue weighted by Gasteiger charge is 2.21. The van der Waals surface area contributed by atoms with Gasteiger partial charge in [0.1, 0.15) is 12.2 Å². The first-order valence-electron chi connectivity index (χ1n) is 4.87. The number of aromatic nitrogens is 1. The fourth-order valence-corrected chi connectivity index (χ4v) is 2.30. The van der Waals surface area contributed by atoms with E-state index in [1.54, 1.807) is 6.20 Å². The van der Waals surface area contributed by atoms with Gasteiger partial charge in [0, 0.05) is 27.1 Å². The van der Waals surface area contributed by atoms with Crippen LogP contribution in [0.5, 0.6) is 0 Å². The number of hydrogen-bond acceptors (Lipinski definition) is 3. The molecule has 2 unspecified atom stereocenters. The SMILES string of the molecule is OCC(O)C(O)c1c[nH]c2cccc(Br)c12. The van der Waals surface area contributed by atoms with E-state index >= 15 is 0 Å². The highest BCUT2D eigenvalue weighted by molar-refractivity contribution is 9.10. The lowest BCUT2D eigenvalue weighted by Gasteiger charge is -2.15. The standard InChI is InChI=1S/C11H12BrNO3/c12-7-2-1-3-8-10(7)6(4-13-8)11(16)9(15)5-14/h1-4,9,11,13-16H,5H2. The lowest BCUT2D eigenvalue weighted by Crippen LogP contribution is -2.21. The van der Waals surface area contributed by atoms with E-state index in [2.05, 4.69) is 20.9 Å². The van der Waals surface area contributed by atoms with E-state index in [1.807, 2.05) is 18.2 Å². The van der Waals surface area contributed by atoms with Crippen molar-refractivity contribution in [1.29, 1.82) is 0 Å². The molecule has 0 saturated carbocycles. The molecule has 0 aliphatic heterocycles. The molecular formula is C11H12BrNO3. The van der Waals surface area contributed by atoms with E-state index in [1.165, 1.54) is 0 Å². The minimum atomic E-state index is -1.17. The summed E-state index contributed by atoms with van der Waals surface area (Å²) in [6, 6.07) is 5.61. The number of rotatable bonds is 3. The number of aromatic amines is 1. The van der Waals surface area contributed by atoms with Crippen LogP contribution in [-0.2, 0) is 0 Å². The zero-order valence-electron chi connectivity index (χ0n) is 8.39. The molecule has 0 aliphatic rings. The van der Waals surface area contributed by atoms with Crippen LogP contribution in [0, 0.1) is 0 Å². The minimum absolute atomic E-state index is 0.474. The number of H-pyrrole nitrogens is 1. The Balaban J connectivity index is 2.53. The Morgan fingerprint density at radius 1 is 1.31 bits per heavy atom. The van der Waals surface area contributed by atoms with Crippen LogP contribution < -0.4 is 0 Å². The number of benzene rings is 1. The third-order valence-electron chi connectivity index (χ3n) is 2.56. The number of hydrogen-bond donors (Lipinski definition) is 4. The normalized spacial score (nSPS) is 15.2. The molecule has 2 rings (SSSR count). The van der Waals surface area contributed by atoms with E-state index in [-0.39, 0.29) is 0 Å². The number of fused-ring (bicyclic) bond motifs is 1. The summed E-state index contributed by atoms with van der Waals surface area (Å²) in [5, 5.41) is 28.9. The van der Waals surface area contributed by atoms with Crippen molar-refractivity contribution >= 4 is 26.8 Å². The number of aliphatic hydroxyl groups excluding tert-OH is 3. The molecule has 2 atom stereocenters. The second-order valence-corrected chi connectivity index (χ2v) is 4.46. The zero-order chi connectivity index (χ0) is 11.7. The second kappa shape index (κ2) is 4.55. The summed E-state index contributed by atoms with van der Waals surface area (Å²) < 4.78 is 0.838. The minimum Gasteiger partial charge on any atom is -0.394 e. The van der Waals surface area contributed by atoms with Gasteiger partial charge in [0.15, 0.2) is 0 Å². The van der Waals surface area contributed by atoms with Crippen LogP contribution in [0.3, 0.4) is 0 Å². The average molecular weight is 286 g/mol. The van der Waals surface area contributed by atoms with Crippen LogP contribution in [0.25, 0.3) is 10.9 Å². The van der Waals surface area contributed by atoms with Gasteiger partial charge in [0.2, 0.25) is 0 Å². The predicted molar refractivity (Wildman–Crippen MR) is 64.1 cm³/mol. The van der Waals surface area contributed by atoms with Crippen molar-refractivity contribution in [2.75, 3.05) is 6.61 Å². The van der Waals surface area contributed by atoms with Crippen molar-refractivity contribution in [3.8, 4) is 0 Å². The Labute approximate surface area is 101 Å². The van der Waals surface area contributed by atoms with Gasteiger partial charge in [0.05, 0.1) is 6.61 Å². The summed E-state index contributed by atoms with van der Waals surface area (Å²) in [5.74, 6) is 0. The monoisotopic (exact) mass is 285 g/mol. The molecule has 0 radical (unpaired) electrons. The number of aliphatic hydroxyl groups is 3. The third kappa shape index (κ3) is 1.87. The maximum atomic E-state index is 9.85. The van der Waals surface area contributed by atoms with Gasteiger partial charge in [-0.15, -0.1) is 0 Å². The smallest absolute Gasteiger partial charge is 0.109 e. The maximum Gasteiger partial charge on any atom is 0.109 e. The van der Waals surface area contributed by atoms with Crippen molar-refractivity contribution in [2.45, 2.75) is 12.2 Å². The van der Waals surface area contributed by atoms with Crippen molar-refractivity contribution in [1.82, 2.24) is 4.98 Å². The first kappa shape index (κ1) is 11.6. The van der Waals surface area contributed by atoms with Crippen molar-refractivity contribution in [2.24, 2.45) is 0 Å². The molecule has 1 aromatic heterocycles. The largest absolute Gasteiger partial charge is 0.394 e. The summed E-state index contributed by atoms with van der Waals surface area (Å²) in [6.07, 6.45) is -0.637. The second-order valence-electron chi connectivity index (χ2n) is 3.60. The lowest BCUT2D eigenvalue weighted by molar-refractivity contribution is -0.0145. The molecule has 1 aromatic carbocycles. The van der Waals surface area contributed by atoms with Crippen LogP contribution in [0.1, 0.15) is 11.7 Å². The molecule has 0 aliphatic carbocycles. The first-order valence-corrected chi connectivity index (χ1v) is 5.67. The van der Waals surface area contributed by atoms with Gasteiger partial charge < -0.3 is 20.3 Å². The van der Waals surface area contributed by atoms with E-state index in [0.29, 0.717) is 5.56 Å². The molecule has 0 saturated heterocycles. The summed E-state index contributed by atoms with van der Waals surface area (Å²) in [4.78, 5) is 3.01. The Hall–Kier alpha value is -0.880. The van der Waals surface area contributed by atoms with Crippen LogP contribution in [0.4, 0.5) is 0 Å². The third-order valence-corrected chi connectivity index (χ3v) is 3.22. The van der Waals surface area contributed by atoms with Crippen molar-refractivity contribution in [3.05, 3.63) is 34.4 Å². The Kier molecular flexibility index (Phi) is 3.30. The van der Waals surface area contributed by atoms with Gasteiger partial charge in [-0.2, -0.15) is 0 Å². The van der Waals surface area contributed by atoms with Crippen LogP contribution >= 0.6 is 15.9 Å². The number of nitrogens with one attached hydrogen (secondary N) is 1. The average Bonchev–Trinajstić information content (AvgIpc) is 2.72. The summed E-state index contributed by atoms with van der Waals surface area (Å²) in [5.41, 5.74) is 1.44. The molecule has 2 aromatic rings. The Bertz CT molecular complexity index is 497. The van der Waals surface area contributed by atoms with Crippen LogP contribution in [0.2, 0.25) is 0 Å². The van der Waals surface area contributed by atoms with Gasteiger partial charge in [0.25, 0.3) is 0 Å². The fourth-order valence-electron chi connectivity index (χ4n) is 1.71. The highest BCUT2D eigenvalue weighted by Crippen LogP contribution is 2.31. The van der Waals surface area contributed by atoms with E-state index in [0.717, 1.165) is 15.4 Å². The lowest BCUT2D eigenvalue weighted by atomic mass is 10.0. The molecule has 5 heteroatoms. The first-order chi connectivity index (χ1) is 7.65. The molecular weight excluding hydrogens is 274 g/mol. The topological polar surface area (TPSA) is 76.5 Å². The van der Waals surface area contributed by atoms with Gasteiger partial charge in [-0.3, -0.25) is 0 Å². The molecule has 86 valence electrons. The molecule has 0 amide bonds. The van der Waals surface area contributed by atoms with E-state index < -0.39 is 18.8 Å². The molecule has 4 N–H and O–H groups in total. The highest BCUT2D eigenvalue weighted by atomic mass is 79.9. The molecule has 1 heterocycles. The maximum absolute atomic E-state index is 9.85. The fraction of sp³-hybridized carbons (Fsp3) is 0.273. The van der Waals surface area contributed by atoms with E-state index in [9.17, 15) is 10.2 Å². The Morgan fingerprint density at radius 2 is 2.06 bits per heavy atom. The molecule has 4 nitrogen and oxygen atoms in total. The molecule has 0 spiro atoms. The van der Waals surface area contributed by atoms with Crippen molar-refractivity contribution in [3.63, 3.8) is 0 Å². The van der Waals surface area contributed by atoms with E-state index in [4.69, 9.17) is 5.11 Å². The summed E-state index contributed by atoms with van der Waals surface area (Å²) in [6.45, 7) is -0.474. The zero-order valence-corrected chi connectivity index (χ0v) is 9.98. The van der Waals surface area contributed by atoms with Crippen molar-refractivity contribution < 1.29 is 15.3 Å². The van der Waals surface area contributed by atoms with Gasteiger partial charge >= 0.3 is 0 Å². The number of halogens is 1. The predicted octanol–water partition coefficient (Wildman–Crippen LogP) is 1.32. The molecule has 16 heavy (non-hydrogen) atoms. The molecule has 0 fully saturated rings. The van der Waals surface area contributed by atoms with Gasteiger partial charge in [-0.05, 0) is 12.1 Å². The van der Waals surface area contributed by atoms with Crippen LogP contribution in [-0.4, -0.2) is 33.0 Å². The summed E-state index contributed by atoms with van der Waals surface area (Å²) in [7, 11) is 0. The quantitative estimate of drug-likeness (QED) is 0.687. The summed E-state index contributed by atoms with van der Waals surface area (Å²) >= 11 is 3.39. The van der Waals surface area contributed by atoms with Gasteiger partial charge in [-0.1, -0.05) is 22.0 Å². The van der Waals surface area contributed by atoms with Gasteiger partial charge in [-0.25, -0.2) is 0 Å². The molecule has 0 bridgehead atoms.